The summed E-state index contributed by atoms with van der Waals surface area (Å²) in [6.45, 7) is 1.50. The Bertz CT molecular complexity index is 925. The van der Waals surface area contributed by atoms with Gasteiger partial charge in [0.25, 0.3) is 15.6 Å². The highest BCUT2D eigenvalue weighted by Gasteiger charge is 2.20. The fourth-order valence-electron chi connectivity index (χ4n) is 1.73. The van der Waals surface area contributed by atoms with Crippen molar-refractivity contribution in [3.05, 3.63) is 62.5 Å². The van der Waals surface area contributed by atoms with Gasteiger partial charge < -0.3 is 0 Å². The molecule has 0 saturated heterocycles. The predicted octanol–water partition coefficient (Wildman–Crippen LogP) is 2.11. The number of hydrogen-bond donors (Lipinski definition) is 2. The Kier molecular flexibility index (Phi) is 4.98. The van der Waals surface area contributed by atoms with E-state index in [-0.39, 0.29) is 20.5 Å². The quantitative estimate of drug-likeness (QED) is 0.857. The highest BCUT2D eigenvalue weighted by molar-refractivity contribution is 7.90. The van der Waals surface area contributed by atoms with E-state index in [1.165, 1.54) is 31.2 Å². The maximum atomic E-state index is 12.1. The number of nitrogens with zero attached hydrogens (tertiary/aromatic N) is 1. The molecular weight excluding hydrogens is 365 g/mol. The Balaban J connectivity index is 2.24. The molecule has 10 heteroatoms. The molecule has 0 atom stereocenters. The number of benzene rings is 1. The number of carbonyl (C=O) groups is 1. The van der Waals surface area contributed by atoms with E-state index in [1.807, 2.05) is 0 Å². The molecule has 0 bridgehead atoms. The van der Waals surface area contributed by atoms with Crippen molar-refractivity contribution in [2.45, 2.75) is 11.8 Å². The fraction of sp³-hybridized carbons (Fsp3) is 0.0769. The molecule has 0 unspecified atom stereocenters. The highest BCUT2D eigenvalue weighted by Crippen LogP contribution is 2.19. The van der Waals surface area contributed by atoms with Gasteiger partial charge in [-0.2, -0.15) is 0 Å². The minimum absolute atomic E-state index is 0.0384. The summed E-state index contributed by atoms with van der Waals surface area (Å²) in [5, 5.41) is 0.167. The molecule has 0 saturated carbocycles. The van der Waals surface area contributed by atoms with Gasteiger partial charge in [0.2, 0.25) is 0 Å². The van der Waals surface area contributed by atoms with Crippen LogP contribution in [0.3, 0.4) is 0 Å². The van der Waals surface area contributed by atoms with Gasteiger partial charge in [-0.1, -0.05) is 35.3 Å². The summed E-state index contributed by atoms with van der Waals surface area (Å²) in [7, 11) is -4.19. The zero-order chi connectivity index (χ0) is 17.2. The summed E-state index contributed by atoms with van der Waals surface area (Å²) in [6, 6.07) is 5.92. The lowest BCUT2D eigenvalue weighted by molar-refractivity contribution is 0.254. The Morgan fingerprint density at radius 3 is 2.52 bits per heavy atom. The van der Waals surface area contributed by atoms with Crippen molar-refractivity contribution in [3.8, 4) is 0 Å². The average molecular weight is 376 g/mol. The smallest absolute Gasteiger partial charge is 0.267 e. The lowest BCUT2D eigenvalue weighted by Crippen LogP contribution is -2.42. The monoisotopic (exact) mass is 375 g/mol. The summed E-state index contributed by atoms with van der Waals surface area (Å²) in [5.41, 5.74) is 1.83. The van der Waals surface area contributed by atoms with Gasteiger partial charge in [0, 0.05) is 11.8 Å². The van der Waals surface area contributed by atoms with Crippen LogP contribution in [-0.4, -0.2) is 19.1 Å². The third kappa shape index (κ3) is 4.04. The van der Waals surface area contributed by atoms with Crippen LogP contribution in [0.15, 0.2) is 46.2 Å². The summed E-state index contributed by atoms with van der Waals surface area (Å²) < 4.78 is 26.8. The largest absolute Gasteiger partial charge is 0.347 e. The summed E-state index contributed by atoms with van der Waals surface area (Å²) in [5.74, 6) is 0. The number of amides is 2. The molecule has 2 amide bonds. The summed E-state index contributed by atoms with van der Waals surface area (Å²) >= 11 is 11.6. The molecule has 7 nitrogen and oxygen atoms in total. The normalized spacial score (nSPS) is 11.1. The molecule has 23 heavy (non-hydrogen) atoms. The zero-order valence-corrected chi connectivity index (χ0v) is 14.0. The summed E-state index contributed by atoms with van der Waals surface area (Å²) in [4.78, 5) is 23.4. The molecule has 1 heterocycles. The minimum atomic E-state index is -4.19. The number of aryl methyl sites for hydroxylation is 1. The molecule has 2 aromatic rings. The Morgan fingerprint density at radius 1 is 1.22 bits per heavy atom. The van der Waals surface area contributed by atoms with Gasteiger partial charge in [-0.3, -0.25) is 4.79 Å². The number of carbonyl (C=O) groups excluding carboxylic acids is 1. The standard InChI is InChI=1S/C13H11Cl2N3O4S/c1-8-6-9(14)7-18(12(8)19)16-13(20)17-23(21,22)11-5-3-2-4-10(11)15/h2-7H,1H3,(H2,16,17,20). The Labute approximate surface area is 141 Å². The van der Waals surface area contributed by atoms with Gasteiger partial charge in [0.05, 0.1) is 10.0 Å². The molecule has 0 fully saturated rings. The predicted molar refractivity (Wildman–Crippen MR) is 87.0 cm³/mol. The molecule has 0 aliphatic carbocycles. The maximum absolute atomic E-state index is 12.1. The van der Waals surface area contributed by atoms with Gasteiger partial charge >= 0.3 is 6.03 Å². The third-order valence-electron chi connectivity index (χ3n) is 2.74. The van der Waals surface area contributed by atoms with Crippen LogP contribution in [0.1, 0.15) is 5.56 Å². The summed E-state index contributed by atoms with van der Waals surface area (Å²) in [6.07, 6.45) is 1.15. The van der Waals surface area contributed by atoms with Crippen LogP contribution in [0, 0.1) is 6.92 Å². The number of urea groups is 1. The van der Waals surface area contributed by atoms with Crippen molar-refractivity contribution < 1.29 is 13.2 Å². The van der Waals surface area contributed by atoms with Crippen molar-refractivity contribution in [2.24, 2.45) is 0 Å². The fourth-order valence-corrected chi connectivity index (χ4v) is 3.42. The van der Waals surface area contributed by atoms with Crippen LogP contribution < -0.4 is 15.7 Å². The number of rotatable bonds is 3. The van der Waals surface area contributed by atoms with E-state index in [1.54, 1.807) is 10.8 Å². The van der Waals surface area contributed by atoms with Crippen molar-refractivity contribution in [2.75, 3.05) is 5.43 Å². The van der Waals surface area contributed by atoms with E-state index in [9.17, 15) is 18.0 Å². The lowest BCUT2D eigenvalue weighted by Gasteiger charge is -2.11. The van der Waals surface area contributed by atoms with Crippen LogP contribution >= 0.6 is 23.2 Å². The molecule has 0 radical (unpaired) electrons. The molecule has 0 spiro atoms. The number of nitrogens with one attached hydrogen (secondary N) is 2. The van der Waals surface area contributed by atoms with Crippen molar-refractivity contribution in [1.82, 2.24) is 9.40 Å². The molecule has 1 aromatic heterocycles. The first-order valence-electron chi connectivity index (χ1n) is 6.18. The number of halogens is 2. The van der Waals surface area contributed by atoms with E-state index in [0.29, 0.717) is 0 Å². The Hall–Kier alpha value is -2.03. The number of sulfonamides is 1. The molecule has 0 aliphatic heterocycles. The molecule has 1 aromatic carbocycles. The second kappa shape index (κ2) is 6.61. The van der Waals surface area contributed by atoms with Gasteiger partial charge in [-0.05, 0) is 25.1 Å². The Morgan fingerprint density at radius 2 is 1.87 bits per heavy atom. The van der Waals surface area contributed by atoms with Gasteiger partial charge in [0.1, 0.15) is 4.90 Å². The molecule has 2 rings (SSSR count). The maximum Gasteiger partial charge on any atom is 0.347 e. The van der Waals surface area contributed by atoms with E-state index in [2.05, 4.69) is 5.43 Å². The first-order valence-corrected chi connectivity index (χ1v) is 8.42. The van der Waals surface area contributed by atoms with Gasteiger partial charge in [-0.25, -0.2) is 28.0 Å². The molecule has 122 valence electrons. The van der Waals surface area contributed by atoms with Crippen LogP contribution in [0.2, 0.25) is 10.0 Å². The van der Waals surface area contributed by atoms with Crippen molar-refractivity contribution in [3.63, 3.8) is 0 Å². The number of aromatic nitrogens is 1. The van der Waals surface area contributed by atoms with Crippen LogP contribution in [0.5, 0.6) is 0 Å². The second-order valence-electron chi connectivity index (χ2n) is 4.49. The van der Waals surface area contributed by atoms with E-state index in [0.717, 1.165) is 10.9 Å². The SMILES string of the molecule is Cc1cc(Cl)cn(NC(=O)NS(=O)(=O)c2ccccc2Cl)c1=O. The van der Waals surface area contributed by atoms with E-state index >= 15 is 0 Å². The first kappa shape index (κ1) is 17.3. The lowest BCUT2D eigenvalue weighted by atomic mass is 10.3. The van der Waals surface area contributed by atoms with Crippen LogP contribution in [-0.2, 0) is 10.0 Å². The minimum Gasteiger partial charge on any atom is -0.267 e. The van der Waals surface area contributed by atoms with Crippen LogP contribution in [0.4, 0.5) is 4.79 Å². The number of hydrogen-bond acceptors (Lipinski definition) is 4. The third-order valence-corrected chi connectivity index (χ3v) is 4.78. The van der Waals surface area contributed by atoms with E-state index < -0.39 is 21.6 Å². The average Bonchev–Trinajstić information content (AvgIpc) is 2.43. The molecular formula is C13H11Cl2N3O4S. The van der Waals surface area contributed by atoms with Crippen molar-refractivity contribution >= 4 is 39.3 Å². The van der Waals surface area contributed by atoms with E-state index in [4.69, 9.17) is 23.2 Å². The van der Waals surface area contributed by atoms with Gasteiger partial charge in [-0.15, -0.1) is 0 Å². The molecule has 2 N–H and O–H groups in total. The first-order chi connectivity index (χ1) is 10.7. The van der Waals surface area contributed by atoms with Crippen LogP contribution in [0.25, 0.3) is 0 Å². The van der Waals surface area contributed by atoms with Gasteiger partial charge in [0.15, 0.2) is 0 Å². The zero-order valence-electron chi connectivity index (χ0n) is 11.7. The second-order valence-corrected chi connectivity index (χ2v) is 6.99. The highest BCUT2D eigenvalue weighted by atomic mass is 35.5. The topological polar surface area (TPSA) is 97.3 Å². The number of pyridine rings is 1. The molecule has 0 aliphatic rings. The van der Waals surface area contributed by atoms with Crippen molar-refractivity contribution in [1.29, 1.82) is 0 Å².